The standard InChI is InChI=1S/C21H25N3O4/c1-14(2)11-24-18(12-25)20(28-13-19(24)26)15-5-7-17(8-6-15)23-21(27)16-4-3-9-22-10-16/h3-10,14,18,20,25H,11-13H2,1-2H3,(H,23,27)/t18-,20-/m1/s1. The van der Waals surface area contributed by atoms with Gasteiger partial charge in [0.1, 0.15) is 12.7 Å². The summed E-state index contributed by atoms with van der Waals surface area (Å²) in [5.74, 6) is -0.0529. The number of aromatic nitrogens is 1. The van der Waals surface area contributed by atoms with Gasteiger partial charge in [0, 0.05) is 24.6 Å². The molecule has 0 aliphatic carbocycles. The maximum absolute atomic E-state index is 12.2. The maximum atomic E-state index is 12.2. The number of ether oxygens (including phenoxy) is 1. The second kappa shape index (κ2) is 8.95. The van der Waals surface area contributed by atoms with Gasteiger partial charge in [-0.1, -0.05) is 26.0 Å². The second-order valence-electron chi connectivity index (χ2n) is 7.24. The van der Waals surface area contributed by atoms with Crippen LogP contribution in [-0.2, 0) is 9.53 Å². The third-order valence-electron chi connectivity index (χ3n) is 4.63. The molecule has 0 spiro atoms. The Bertz CT molecular complexity index is 808. The summed E-state index contributed by atoms with van der Waals surface area (Å²) >= 11 is 0. The molecule has 1 aromatic carbocycles. The minimum absolute atomic E-state index is 0.00657. The van der Waals surface area contributed by atoms with Crippen molar-refractivity contribution >= 4 is 17.5 Å². The van der Waals surface area contributed by atoms with Crippen molar-refractivity contribution in [2.24, 2.45) is 5.92 Å². The van der Waals surface area contributed by atoms with E-state index in [-0.39, 0.29) is 25.0 Å². The number of hydrogen-bond donors (Lipinski definition) is 2. The van der Waals surface area contributed by atoms with Gasteiger partial charge in [-0.3, -0.25) is 14.6 Å². The largest absolute Gasteiger partial charge is 0.394 e. The molecule has 28 heavy (non-hydrogen) atoms. The molecule has 1 saturated heterocycles. The molecule has 2 heterocycles. The van der Waals surface area contributed by atoms with E-state index < -0.39 is 12.1 Å². The Morgan fingerprint density at radius 1 is 1.32 bits per heavy atom. The molecule has 2 N–H and O–H groups in total. The number of aliphatic hydroxyl groups excluding tert-OH is 1. The first-order valence-electron chi connectivity index (χ1n) is 9.33. The lowest BCUT2D eigenvalue weighted by Crippen LogP contribution is -2.53. The SMILES string of the molecule is CC(C)CN1C(=O)CO[C@H](c2ccc(NC(=O)c3cccnc3)cc2)[C@H]1CO. The first-order valence-corrected chi connectivity index (χ1v) is 9.33. The molecule has 0 saturated carbocycles. The van der Waals surface area contributed by atoms with Crippen LogP contribution < -0.4 is 5.32 Å². The summed E-state index contributed by atoms with van der Waals surface area (Å²) in [4.78, 5) is 30.1. The quantitative estimate of drug-likeness (QED) is 0.798. The van der Waals surface area contributed by atoms with E-state index >= 15 is 0 Å². The number of carbonyl (C=O) groups is 2. The van der Waals surface area contributed by atoms with Gasteiger partial charge in [-0.25, -0.2) is 0 Å². The molecule has 7 heteroatoms. The van der Waals surface area contributed by atoms with Crippen molar-refractivity contribution in [2.45, 2.75) is 26.0 Å². The van der Waals surface area contributed by atoms with Crippen LogP contribution in [0.4, 0.5) is 5.69 Å². The maximum Gasteiger partial charge on any atom is 0.257 e. The van der Waals surface area contributed by atoms with Gasteiger partial charge in [-0.05, 0) is 35.7 Å². The average Bonchev–Trinajstić information content (AvgIpc) is 2.70. The third kappa shape index (κ3) is 4.55. The smallest absolute Gasteiger partial charge is 0.257 e. The van der Waals surface area contributed by atoms with Crippen LogP contribution in [-0.4, -0.2) is 52.6 Å². The van der Waals surface area contributed by atoms with Crippen LogP contribution in [0.1, 0.15) is 35.9 Å². The zero-order valence-electron chi connectivity index (χ0n) is 16.0. The Labute approximate surface area is 164 Å². The predicted molar refractivity (Wildman–Crippen MR) is 105 cm³/mol. The van der Waals surface area contributed by atoms with Gasteiger partial charge >= 0.3 is 0 Å². The number of amides is 2. The lowest BCUT2D eigenvalue weighted by atomic mass is 9.98. The highest BCUT2D eigenvalue weighted by Gasteiger charge is 2.37. The number of carbonyl (C=O) groups excluding carboxylic acids is 2. The van der Waals surface area contributed by atoms with Crippen LogP contribution >= 0.6 is 0 Å². The molecule has 1 aliphatic rings. The fraction of sp³-hybridized carbons (Fsp3) is 0.381. The summed E-state index contributed by atoms with van der Waals surface area (Å²) < 4.78 is 5.74. The van der Waals surface area contributed by atoms with Crippen molar-refractivity contribution in [1.82, 2.24) is 9.88 Å². The first-order chi connectivity index (χ1) is 13.5. The van der Waals surface area contributed by atoms with Crippen molar-refractivity contribution in [2.75, 3.05) is 25.1 Å². The zero-order chi connectivity index (χ0) is 20.1. The number of nitrogens with zero attached hydrogens (tertiary/aromatic N) is 2. The fourth-order valence-corrected chi connectivity index (χ4v) is 3.30. The van der Waals surface area contributed by atoms with Crippen molar-refractivity contribution in [3.8, 4) is 0 Å². The lowest BCUT2D eigenvalue weighted by molar-refractivity contribution is -0.161. The van der Waals surface area contributed by atoms with E-state index in [9.17, 15) is 14.7 Å². The lowest BCUT2D eigenvalue weighted by Gasteiger charge is -2.41. The summed E-state index contributed by atoms with van der Waals surface area (Å²) in [6.45, 7) is 4.46. The van der Waals surface area contributed by atoms with E-state index in [1.165, 1.54) is 6.20 Å². The topological polar surface area (TPSA) is 91.8 Å². The van der Waals surface area contributed by atoms with Gasteiger partial charge < -0.3 is 20.1 Å². The molecule has 2 amide bonds. The molecular formula is C21H25N3O4. The Hall–Kier alpha value is -2.77. The Morgan fingerprint density at radius 2 is 2.07 bits per heavy atom. The highest BCUT2D eigenvalue weighted by Crippen LogP contribution is 2.30. The normalized spacial score (nSPS) is 19.7. The fourth-order valence-electron chi connectivity index (χ4n) is 3.30. The van der Waals surface area contributed by atoms with E-state index in [0.29, 0.717) is 23.7 Å². The van der Waals surface area contributed by atoms with Crippen LogP contribution in [0.2, 0.25) is 0 Å². The first kappa shape index (κ1) is 20.0. The molecule has 2 aromatic rings. The van der Waals surface area contributed by atoms with Gasteiger partial charge in [-0.2, -0.15) is 0 Å². The third-order valence-corrected chi connectivity index (χ3v) is 4.63. The van der Waals surface area contributed by atoms with E-state index in [0.717, 1.165) is 5.56 Å². The van der Waals surface area contributed by atoms with Crippen LogP contribution in [0, 0.1) is 5.92 Å². The number of hydrogen-bond acceptors (Lipinski definition) is 5. The van der Waals surface area contributed by atoms with Crippen LogP contribution in [0.5, 0.6) is 0 Å². The van der Waals surface area contributed by atoms with Gasteiger partial charge in [0.25, 0.3) is 5.91 Å². The summed E-state index contributed by atoms with van der Waals surface area (Å²) in [7, 11) is 0. The highest BCUT2D eigenvalue weighted by molar-refractivity contribution is 6.04. The Morgan fingerprint density at radius 3 is 2.68 bits per heavy atom. The molecule has 1 aromatic heterocycles. The molecule has 0 unspecified atom stereocenters. The monoisotopic (exact) mass is 383 g/mol. The summed E-state index contributed by atoms with van der Waals surface area (Å²) in [5, 5.41) is 12.7. The molecule has 148 valence electrons. The Balaban J connectivity index is 1.73. The molecule has 1 fully saturated rings. The molecule has 7 nitrogen and oxygen atoms in total. The van der Waals surface area contributed by atoms with Gasteiger partial charge in [-0.15, -0.1) is 0 Å². The zero-order valence-corrected chi connectivity index (χ0v) is 16.0. The average molecular weight is 383 g/mol. The minimum Gasteiger partial charge on any atom is -0.394 e. The van der Waals surface area contributed by atoms with Gasteiger partial charge in [0.05, 0.1) is 18.2 Å². The number of nitrogens with one attached hydrogen (secondary N) is 1. The van der Waals surface area contributed by atoms with Crippen molar-refractivity contribution in [3.05, 3.63) is 59.9 Å². The van der Waals surface area contributed by atoms with Gasteiger partial charge in [0.15, 0.2) is 0 Å². The van der Waals surface area contributed by atoms with Crippen LogP contribution in [0.3, 0.4) is 0 Å². The molecular weight excluding hydrogens is 358 g/mol. The van der Waals surface area contributed by atoms with E-state index in [4.69, 9.17) is 4.74 Å². The summed E-state index contributed by atoms with van der Waals surface area (Å²) in [6, 6.07) is 10.2. The molecule has 0 radical (unpaired) electrons. The van der Waals surface area contributed by atoms with Gasteiger partial charge in [0.2, 0.25) is 5.91 Å². The number of morpholine rings is 1. The number of rotatable bonds is 6. The summed E-state index contributed by atoms with van der Waals surface area (Å²) in [6.07, 6.45) is 2.70. The highest BCUT2D eigenvalue weighted by atomic mass is 16.5. The molecule has 2 atom stereocenters. The van der Waals surface area contributed by atoms with Crippen LogP contribution in [0.25, 0.3) is 0 Å². The predicted octanol–water partition coefficient (Wildman–Crippen LogP) is 2.25. The second-order valence-corrected chi connectivity index (χ2v) is 7.24. The van der Waals surface area contributed by atoms with E-state index in [1.807, 2.05) is 26.0 Å². The van der Waals surface area contributed by atoms with E-state index in [1.54, 1.807) is 35.4 Å². The Kier molecular flexibility index (Phi) is 6.38. The number of anilines is 1. The van der Waals surface area contributed by atoms with Crippen LogP contribution in [0.15, 0.2) is 48.8 Å². The molecule has 1 aliphatic heterocycles. The summed E-state index contributed by atoms with van der Waals surface area (Å²) in [5.41, 5.74) is 1.97. The number of benzene rings is 1. The minimum atomic E-state index is -0.431. The van der Waals surface area contributed by atoms with Crippen molar-refractivity contribution in [3.63, 3.8) is 0 Å². The molecule has 3 rings (SSSR count). The number of pyridine rings is 1. The number of aliphatic hydroxyl groups is 1. The van der Waals surface area contributed by atoms with E-state index in [2.05, 4.69) is 10.3 Å². The van der Waals surface area contributed by atoms with Crippen molar-refractivity contribution < 1.29 is 19.4 Å². The van der Waals surface area contributed by atoms with Crippen molar-refractivity contribution in [1.29, 1.82) is 0 Å². The molecule has 0 bridgehead atoms.